The molecule has 4 rings (SSSR count). The van der Waals surface area contributed by atoms with E-state index in [-0.39, 0.29) is 0 Å². The molecule has 126 valence electrons. The largest absolute Gasteiger partial charge is 0.361 e. The van der Waals surface area contributed by atoms with Crippen molar-refractivity contribution in [3.63, 3.8) is 0 Å². The highest BCUT2D eigenvalue weighted by molar-refractivity contribution is 5.83. The summed E-state index contributed by atoms with van der Waals surface area (Å²) in [5, 5.41) is 18.4. The lowest BCUT2D eigenvalue weighted by molar-refractivity contribution is 0.692. The summed E-state index contributed by atoms with van der Waals surface area (Å²) in [6.45, 7) is 0. The molecule has 2 heterocycles. The van der Waals surface area contributed by atoms with Crippen LogP contribution in [0.15, 0.2) is 106 Å². The van der Waals surface area contributed by atoms with Gasteiger partial charge in [0.25, 0.3) is 0 Å². The van der Waals surface area contributed by atoms with Crippen LogP contribution >= 0.6 is 0 Å². The lowest BCUT2D eigenvalue weighted by Crippen LogP contribution is -1.89. The number of nitrogens with one attached hydrogen (secondary N) is 1. The van der Waals surface area contributed by atoms with Crippen LogP contribution in [0.2, 0.25) is 0 Å². The quantitative estimate of drug-likeness (QED) is 0.436. The molecular weight excluding hydrogens is 324 g/mol. The van der Waals surface area contributed by atoms with Crippen molar-refractivity contribution in [2.24, 2.45) is 20.5 Å². The molecule has 0 spiro atoms. The summed E-state index contributed by atoms with van der Waals surface area (Å²) in [5.41, 5.74) is 2.71. The molecule has 6 nitrogen and oxygen atoms in total. The van der Waals surface area contributed by atoms with Gasteiger partial charge < -0.3 is 4.98 Å². The number of fused-ring (bicyclic) bond motifs is 1. The van der Waals surface area contributed by atoms with E-state index in [1.54, 1.807) is 12.3 Å². The molecule has 0 aliphatic carbocycles. The zero-order chi connectivity index (χ0) is 17.6. The van der Waals surface area contributed by atoms with Crippen LogP contribution in [0.3, 0.4) is 0 Å². The van der Waals surface area contributed by atoms with E-state index in [9.17, 15) is 0 Å². The fraction of sp³-hybridized carbons (Fsp3) is 0.0500. The Balaban J connectivity index is 1.71. The predicted molar refractivity (Wildman–Crippen MR) is 101 cm³/mol. The average molecular weight is 340 g/mol. The Hall–Kier alpha value is -3.67. The fourth-order valence-electron chi connectivity index (χ4n) is 2.60. The van der Waals surface area contributed by atoms with E-state index in [2.05, 4.69) is 30.4 Å². The van der Waals surface area contributed by atoms with Gasteiger partial charge in [-0.3, -0.25) is 0 Å². The van der Waals surface area contributed by atoms with Crippen LogP contribution in [0.5, 0.6) is 0 Å². The van der Waals surface area contributed by atoms with E-state index in [1.165, 1.54) is 0 Å². The minimum absolute atomic E-state index is 0.534. The smallest absolute Gasteiger partial charge is 0.208 e. The molecule has 0 fully saturated rings. The number of rotatable bonds is 5. The van der Waals surface area contributed by atoms with Crippen molar-refractivity contribution in [1.82, 2.24) is 9.97 Å². The molecule has 0 saturated carbocycles. The molecule has 0 saturated heterocycles. The van der Waals surface area contributed by atoms with Gasteiger partial charge in [-0.1, -0.05) is 42.5 Å². The van der Waals surface area contributed by atoms with Crippen molar-refractivity contribution in [1.29, 1.82) is 0 Å². The third kappa shape index (κ3) is 3.54. The number of aromatic amines is 1. The van der Waals surface area contributed by atoms with Gasteiger partial charge in [-0.05, 0) is 30.3 Å². The number of H-pyrrole nitrogens is 1. The molecule has 2 aromatic heterocycles. The highest BCUT2D eigenvalue weighted by Crippen LogP contribution is 2.30. The van der Waals surface area contributed by atoms with Crippen LogP contribution in [0.25, 0.3) is 10.9 Å². The normalized spacial score (nSPS) is 12.9. The zero-order valence-electron chi connectivity index (χ0n) is 13.9. The van der Waals surface area contributed by atoms with Gasteiger partial charge >= 0.3 is 0 Å². The molecule has 6 heteroatoms. The van der Waals surface area contributed by atoms with E-state index in [4.69, 9.17) is 0 Å². The molecule has 4 aromatic rings. The monoisotopic (exact) mass is 340 g/mol. The van der Waals surface area contributed by atoms with Crippen LogP contribution in [-0.2, 0) is 0 Å². The molecule has 1 N–H and O–H groups in total. The van der Waals surface area contributed by atoms with Gasteiger partial charge in [-0.25, -0.2) is 4.98 Å². The first kappa shape index (κ1) is 15.8. The number of hydrogen-bond acceptors (Lipinski definition) is 5. The lowest BCUT2D eigenvalue weighted by Gasteiger charge is -2.04. The van der Waals surface area contributed by atoms with Crippen LogP contribution in [0, 0.1) is 0 Å². The summed E-state index contributed by atoms with van der Waals surface area (Å²) in [6, 6.07) is 23.1. The SMILES string of the molecule is c1ccc(N=NC(/N=N/c2ccccn2)c2c[nH]c3ccccc23)cc1. The van der Waals surface area contributed by atoms with Crippen LogP contribution < -0.4 is 0 Å². The predicted octanol–water partition coefficient (Wildman–Crippen LogP) is 6.13. The van der Waals surface area contributed by atoms with E-state index < -0.39 is 6.17 Å². The van der Waals surface area contributed by atoms with E-state index >= 15 is 0 Å². The Morgan fingerprint density at radius 1 is 0.769 bits per heavy atom. The van der Waals surface area contributed by atoms with E-state index in [0.717, 1.165) is 22.2 Å². The van der Waals surface area contributed by atoms with Crippen molar-refractivity contribution in [2.45, 2.75) is 6.17 Å². The fourth-order valence-corrected chi connectivity index (χ4v) is 2.60. The number of azo groups is 2. The maximum absolute atomic E-state index is 4.42. The second-order valence-corrected chi connectivity index (χ2v) is 5.62. The molecule has 1 atom stereocenters. The topological polar surface area (TPSA) is 78.1 Å². The summed E-state index contributed by atoms with van der Waals surface area (Å²) in [7, 11) is 0. The van der Waals surface area contributed by atoms with Crippen molar-refractivity contribution in [3.05, 3.63) is 90.8 Å². The van der Waals surface area contributed by atoms with Crippen molar-refractivity contribution < 1.29 is 0 Å². The summed E-state index contributed by atoms with van der Waals surface area (Å²) >= 11 is 0. The highest BCUT2D eigenvalue weighted by Gasteiger charge is 2.14. The first-order valence-electron chi connectivity index (χ1n) is 8.24. The van der Waals surface area contributed by atoms with Crippen LogP contribution in [0.1, 0.15) is 11.7 Å². The Bertz CT molecular complexity index is 988. The summed E-state index contributed by atoms with van der Waals surface area (Å²) in [6.07, 6.45) is 3.02. The number of nitrogens with zero attached hydrogens (tertiary/aromatic N) is 5. The molecule has 2 aromatic carbocycles. The van der Waals surface area contributed by atoms with Gasteiger partial charge in [0, 0.05) is 28.9 Å². The maximum Gasteiger partial charge on any atom is 0.208 e. The van der Waals surface area contributed by atoms with Gasteiger partial charge in [0.1, 0.15) is 0 Å². The molecule has 0 bridgehead atoms. The Morgan fingerprint density at radius 3 is 2.38 bits per heavy atom. The van der Waals surface area contributed by atoms with Gasteiger partial charge in [0.05, 0.1) is 5.69 Å². The maximum atomic E-state index is 4.42. The van der Waals surface area contributed by atoms with Gasteiger partial charge in [0.15, 0.2) is 5.82 Å². The van der Waals surface area contributed by atoms with E-state index in [0.29, 0.717) is 5.82 Å². The second kappa shape index (κ2) is 7.48. The van der Waals surface area contributed by atoms with Gasteiger partial charge in [-0.15, -0.1) is 5.11 Å². The molecular formula is C20H16N6. The number of hydrogen-bond donors (Lipinski definition) is 1. The van der Waals surface area contributed by atoms with Crippen molar-refractivity contribution in [2.75, 3.05) is 0 Å². The third-order valence-electron chi connectivity index (χ3n) is 3.86. The lowest BCUT2D eigenvalue weighted by atomic mass is 10.1. The Labute approximate surface area is 150 Å². The van der Waals surface area contributed by atoms with Crippen LogP contribution in [0.4, 0.5) is 11.5 Å². The zero-order valence-corrected chi connectivity index (χ0v) is 13.9. The molecule has 26 heavy (non-hydrogen) atoms. The molecule has 0 amide bonds. The van der Waals surface area contributed by atoms with Crippen molar-refractivity contribution >= 4 is 22.4 Å². The minimum Gasteiger partial charge on any atom is -0.361 e. The number of benzene rings is 2. The summed E-state index contributed by atoms with van der Waals surface area (Å²) in [5.74, 6) is 0.534. The molecule has 0 aliphatic rings. The molecule has 1 unspecified atom stereocenters. The standard InChI is InChI=1S/C20H16N6/c1-2-8-15(9-3-1)23-25-20(26-24-19-12-6-7-13-21-19)17-14-22-18-11-5-4-10-16(17)18/h1-14,20,22H/b25-23?,26-24+. The Kier molecular flexibility index (Phi) is 4.56. The third-order valence-corrected chi connectivity index (χ3v) is 3.86. The first-order valence-corrected chi connectivity index (χ1v) is 8.24. The highest BCUT2D eigenvalue weighted by atomic mass is 15.3. The average Bonchev–Trinajstić information content (AvgIpc) is 3.14. The summed E-state index contributed by atoms with van der Waals surface area (Å²) < 4.78 is 0. The number of para-hydroxylation sites is 1. The first-order chi connectivity index (χ1) is 12.9. The number of aromatic nitrogens is 2. The Morgan fingerprint density at radius 2 is 1.54 bits per heavy atom. The van der Waals surface area contributed by atoms with E-state index in [1.807, 2.05) is 72.9 Å². The van der Waals surface area contributed by atoms with Crippen molar-refractivity contribution in [3.8, 4) is 0 Å². The second-order valence-electron chi connectivity index (χ2n) is 5.62. The molecule has 0 radical (unpaired) electrons. The van der Waals surface area contributed by atoms with Gasteiger partial charge in [0.2, 0.25) is 6.17 Å². The van der Waals surface area contributed by atoms with Gasteiger partial charge in [-0.2, -0.15) is 15.3 Å². The van der Waals surface area contributed by atoms with Crippen LogP contribution in [-0.4, -0.2) is 9.97 Å². The summed E-state index contributed by atoms with van der Waals surface area (Å²) in [4.78, 5) is 7.42. The molecule has 0 aliphatic heterocycles. The number of pyridine rings is 1. The minimum atomic E-state index is -0.562.